The van der Waals surface area contributed by atoms with Crippen molar-refractivity contribution in [2.24, 2.45) is 4.99 Å². The summed E-state index contributed by atoms with van der Waals surface area (Å²) in [6.45, 7) is 0. The smallest absolute Gasteiger partial charge is 0.169 e. The number of aliphatic imine (C=N–C) groups is 1. The minimum Gasteiger partial charge on any atom is -0.316 e. The zero-order chi connectivity index (χ0) is 12.7. The van der Waals surface area contributed by atoms with Gasteiger partial charge in [-0.25, -0.2) is 4.99 Å². The lowest BCUT2D eigenvalue weighted by molar-refractivity contribution is 0.801. The number of para-hydroxylation sites is 1. The lowest BCUT2D eigenvalue weighted by Crippen LogP contribution is -2.29. The van der Waals surface area contributed by atoms with Crippen LogP contribution in [0.1, 0.15) is 5.56 Å². The summed E-state index contributed by atoms with van der Waals surface area (Å²) in [6.07, 6.45) is 4.72. The highest BCUT2D eigenvalue weighted by molar-refractivity contribution is 8.14. The lowest BCUT2D eigenvalue weighted by atomic mass is 10.1. The standard InChI is InChI=1S/C15H13N3S/c1-2-6-14-11(4-1)8-13-10-19-15(18(13)14)17-12-5-3-7-16-9-12/h1-7,9,13H,8,10H2/t13-/m0/s1. The van der Waals surface area contributed by atoms with Crippen LogP contribution in [-0.4, -0.2) is 21.9 Å². The molecule has 0 spiro atoms. The fraction of sp³-hybridized carbons (Fsp3) is 0.200. The van der Waals surface area contributed by atoms with E-state index in [1.54, 1.807) is 6.20 Å². The Balaban J connectivity index is 1.75. The van der Waals surface area contributed by atoms with Crippen molar-refractivity contribution in [2.75, 3.05) is 10.7 Å². The number of anilines is 1. The predicted molar refractivity (Wildman–Crippen MR) is 80.2 cm³/mol. The van der Waals surface area contributed by atoms with E-state index in [0.717, 1.165) is 23.0 Å². The van der Waals surface area contributed by atoms with Crippen molar-refractivity contribution in [3.8, 4) is 0 Å². The average Bonchev–Trinajstić information content (AvgIpc) is 3.00. The highest BCUT2D eigenvalue weighted by Gasteiger charge is 2.37. The molecule has 19 heavy (non-hydrogen) atoms. The number of aromatic nitrogens is 1. The van der Waals surface area contributed by atoms with Crippen molar-refractivity contribution in [3.05, 3.63) is 54.4 Å². The van der Waals surface area contributed by atoms with E-state index in [-0.39, 0.29) is 0 Å². The van der Waals surface area contributed by atoms with Crippen molar-refractivity contribution < 1.29 is 0 Å². The van der Waals surface area contributed by atoms with E-state index >= 15 is 0 Å². The summed E-state index contributed by atoms with van der Waals surface area (Å²) in [6, 6.07) is 13.1. The van der Waals surface area contributed by atoms with Gasteiger partial charge in [-0.15, -0.1) is 0 Å². The topological polar surface area (TPSA) is 28.5 Å². The highest BCUT2D eigenvalue weighted by atomic mass is 32.2. The second-order valence-electron chi connectivity index (χ2n) is 4.77. The van der Waals surface area contributed by atoms with Gasteiger partial charge in [0.05, 0.1) is 11.9 Å². The zero-order valence-electron chi connectivity index (χ0n) is 10.4. The normalized spacial score (nSPS) is 22.6. The number of rotatable bonds is 1. The molecule has 3 nitrogen and oxygen atoms in total. The Morgan fingerprint density at radius 3 is 3.05 bits per heavy atom. The van der Waals surface area contributed by atoms with Crippen molar-refractivity contribution in [1.29, 1.82) is 0 Å². The molecule has 4 heteroatoms. The molecule has 94 valence electrons. The summed E-state index contributed by atoms with van der Waals surface area (Å²) in [4.78, 5) is 11.2. The largest absolute Gasteiger partial charge is 0.316 e. The van der Waals surface area contributed by atoms with Crippen LogP contribution in [0.25, 0.3) is 0 Å². The molecule has 2 aliphatic heterocycles. The van der Waals surface area contributed by atoms with Gasteiger partial charge >= 0.3 is 0 Å². The molecule has 0 bridgehead atoms. The lowest BCUT2D eigenvalue weighted by Gasteiger charge is -2.18. The van der Waals surface area contributed by atoms with Crippen LogP contribution >= 0.6 is 11.8 Å². The highest BCUT2D eigenvalue weighted by Crippen LogP contribution is 2.40. The van der Waals surface area contributed by atoms with E-state index < -0.39 is 0 Å². The van der Waals surface area contributed by atoms with Crippen LogP contribution in [0.2, 0.25) is 0 Å². The average molecular weight is 267 g/mol. The number of hydrogen-bond acceptors (Lipinski definition) is 3. The number of amidine groups is 1. The molecule has 0 aliphatic carbocycles. The Kier molecular flexibility index (Phi) is 2.55. The van der Waals surface area contributed by atoms with Crippen molar-refractivity contribution in [3.63, 3.8) is 0 Å². The first kappa shape index (κ1) is 11.1. The molecule has 2 aromatic rings. The third kappa shape index (κ3) is 1.83. The molecule has 3 heterocycles. The molecular weight excluding hydrogens is 254 g/mol. The minimum atomic E-state index is 0.567. The van der Waals surface area contributed by atoms with E-state index in [0.29, 0.717) is 6.04 Å². The zero-order valence-corrected chi connectivity index (χ0v) is 11.2. The van der Waals surface area contributed by atoms with E-state index in [1.165, 1.54) is 11.3 Å². The maximum Gasteiger partial charge on any atom is 0.169 e. The number of hydrogen-bond donors (Lipinski definition) is 0. The summed E-state index contributed by atoms with van der Waals surface area (Å²) in [5.74, 6) is 1.12. The van der Waals surface area contributed by atoms with Gasteiger partial charge in [0.15, 0.2) is 5.17 Å². The molecule has 1 atom stereocenters. The number of benzene rings is 1. The van der Waals surface area contributed by atoms with Gasteiger partial charge in [0.1, 0.15) is 0 Å². The Hall–Kier alpha value is -1.81. The molecule has 0 unspecified atom stereocenters. The Bertz CT molecular complexity index is 639. The first-order valence-electron chi connectivity index (χ1n) is 6.40. The molecule has 0 radical (unpaired) electrons. The van der Waals surface area contributed by atoms with E-state index in [4.69, 9.17) is 4.99 Å². The van der Waals surface area contributed by atoms with Crippen LogP contribution in [0.3, 0.4) is 0 Å². The number of fused-ring (bicyclic) bond motifs is 3. The Morgan fingerprint density at radius 1 is 1.21 bits per heavy atom. The van der Waals surface area contributed by atoms with E-state index in [1.807, 2.05) is 30.1 Å². The van der Waals surface area contributed by atoms with Crippen molar-refractivity contribution in [2.45, 2.75) is 12.5 Å². The van der Waals surface area contributed by atoms with Crippen LogP contribution in [0.5, 0.6) is 0 Å². The summed E-state index contributed by atoms with van der Waals surface area (Å²) < 4.78 is 0. The molecule has 1 aromatic heterocycles. The van der Waals surface area contributed by atoms with Gasteiger partial charge in [-0.3, -0.25) is 4.98 Å². The van der Waals surface area contributed by atoms with Crippen LogP contribution < -0.4 is 4.90 Å². The first-order valence-corrected chi connectivity index (χ1v) is 7.39. The van der Waals surface area contributed by atoms with E-state index in [2.05, 4.69) is 34.1 Å². The molecule has 1 saturated heterocycles. The Morgan fingerprint density at radius 2 is 2.16 bits per heavy atom. The van der Waals surface area contributed by atoms with E-state index in [9.17, 15) is 0 Å². The second kappa shape index (κ2) is 4.38. The maximum atomic E-state index is 4.74. The summed E-state index contributed by atoms with van der Waals surface area (Å²) in [5, 5.41) is 1.10. The van der Waals surface area contributed by atoms with Gasteiger partial charge in [-0.2, -0.15) is 0 Å². The summed E-state index contributed by atoms with van der Waals surface area (Å²) >= 11 is 1.84. The Labute approximate surface area is 116 Å². The van der Waals surface area contributed by atoms with Crippen LogP contribution in [0.15, 0.2) is 53.8 Å². The van der Waals surface area contributed by atoms with Crippen molar-refractivity contribution in [1.82, 2.24) is 4.98 Å². The van der Waals surface area contributed by atoms with Gasteiger partial charge in [0.25, 0.3) is 0 Å². The van der Waals surface area contributed by atoms with Gasteiger partial charge in [0.2, 0.25) is 0 Å². The van der Waals surface area contributed by atoms with Crippen molar-refractivity contribution >= 4 is 28.3 Å². The van der Waals surface area contributed by atoms with Crippen LogP contribution in [-0.2, 0) is 6.42 Å². The number of thioether (sulfide) groups is 1. The molecule has 0 N–H and O–H groups in total. The number of pyridine rings is 1. The van der Waals surface area contributed by atoms with Gasteiger partial charge < -0.3 is 4.90 Å². The second-order valence-corrected chi connectivity index (χ2v) is 5.76. The predicted octanol–water partition coefficient (Wildman–Crippen LogP) is 3.25. The van der Waals surface area contributed by atoms with Gasteiger partial charge in [0, 0.05) is 23.7 Å². The summed E-state index contributed by atoms with van der Waals surface area (Å²) in [7, 11) is 0. The summed E-state index contributed by atoms with van der Waals surface area (Å²) in [5.41, 5.74) is 3.68. The molecule has 2 aliphatic rings. The van der Waals surface area contributed by atoms with Crippen LogP contribution in [0, 0.1) is 0 Å². The SMILES string of the molecule is c1cncc(N=C2SC[C@@H]3Cc4ccccc4N23)c1. The monoisotopic (exact) mass is 267 g/mol. The third-order valence-electron chi connectivity index (χ3n) is 3.55. The number of nitrogens with zero attached hydrogens (tertiary/aromatic N) is 3. The first-order chi connectivity index (χ1) is 9.42. The molecule has 4 rings (SSSR count). The third-order valence-corrected chi connectivity index (χ3v) is 4.65. The molecule has 0 amide bonds. The molecular formula is C15H13N3S. The molecule has 1 aromatic carbocycles. The van der Waals surface area contributed by atoms with Gasteiger partial charge in [-0.05, 0) is 30.2 Å². The fourth-order valence-corrected chi connectivity index (χ4v) is 3.87. The molecule has 0 saturated carbocycles. The quantitative estimate of drug-likeness (QED) is 0.794. The minimum absolute atomic E-state index is 0.567. The molecule has 1 fully saturated rings. The fourth-order valence-electron chi connectivity index (χ4n) is 2.71. The maximum absolute atomic E-state index is 4.74. The van der Waals surface area contributed by atoms with Crippen LogP contribution in [0.4, 0.5) is 11.4 Å². The van der Waals surface area contributed by atoms with Gasteiger partial charge in [-0.1, -0.05) is 30.0 Å².